The van der Waals surface area contributed by atoms with Gasteiger partial charge < -0.3 is 15.1 Å². The maximum atomic E-state index is 12.9. The summed E-state index contributed by atoms with van der Waals surface area (Å²) in [6.07, 6.45) is 6.75. The Hall–Kier alpha value is -2.44. The molecule has 1 N–H and O–H groups in total. The molecule has 1 atom stereocenters. The van der Waals surface area contributed by atoms with Crippen LogP contribution in [0, 0.1) is 11.3 Å². The van der Waals surface area contributed by atoms with Crippen molar-refractivity contribution in [3.8, 4) is 0 Å². The van der Waals surface area contributed by atoms with E-state index in [-0.39, 0.29) is 29.1 Å². The first-order chi connectivity index (χ1) is 13.8. The molecule has 7 nitrogen and oxygen atoms in total. The van der Waals surface area contributed by atoms with E-state index in [1.807, 2.05) is 35.8 Å². The van der Waals surface area contributed by atoms with Gasteiger partial charge in [0.05, 0.1) is 0 Å². The van der Waals surface area contributed by atoms with Crippen molar-refractivity contribution in [2.75, 3.05) is 19.6 Å². The molecule has 1 aromatic rings. The van der Waals surface area contributed by atoms with Crippen molar-refractivity contribution in [1.29, 1.82) is 0 Å². The molecule has 2 aliphatic heterocycles. The zero-order valence-corrected chi connectivity index (χ0v) is 17.7. The molecule has 2 aliphatic rings. The molecule has 0 saturated carbocycles. The van der Waals surface area contributed by atoms with Gasteiger partial charge in [0.15, 0.2) is 0 Å². The molecular weight excluding hydrogens is 368 g/mol. The average molecular weight is 401 g/mol. The third kappa shape index (κ3) is 5.14. The number of carbonyl (C=O) groups excluding carboxylic acids is 3. The first-order valence-corrected chi connectivity index (χ1v) is 10.5. The number of carbonyl (C=O) groups is 3. The second kappa shape index (κ2) is 8.93. The minimum atomic E-state index is -0.474. The number of pyridine rings is 1. The quantitative estimate of drug-likeness (QED) is 0.819. The van der Waals surface area contributed by atoms with E-state index >= 15 is 0 Å². The van der Waals surface area contributed by atoms with Crippen molar-refractivity contribution < 1.29 is 14.4 Å². The minimum absolute atomic E-state index is 0.00516. The lowest BCUT2D eigenvalue weighted by Crippen LogP contribution is -2.56. The Morgan fingerprint density at radius 2 is 1.83 bits per heavy atom. The van der Waals surface area contributed by atoms with E-state index in [9.17, 15) is 14.4 Å². The van der Waals surface area contributed by atoms with E-state index in [2.05, 4.69) is 10.3 Å². The Labute approximate surface area is 172 Å². The standard InChI is InChI=1S/C22H32N4O3/c1-16(2)20(24-17(3)27)21(29)25-12-8-22(9-13-25)7-4-19(28)26(15-22)14-18-5-10-23-11-6-18/h5-6,10-11,16,20H,4,7-9,12-15H2,1-3H3,(H,24,27)/t20-/m1/s1. The Morgan fingerprint density at radius 3 is 2.41 bits per heavy atom. The van der Waals surface area contributed by atoms with Gasteiger partial charge in [-0.1, -0.05) is 13.8 Å². The molecule has 3 rings (SSSR count). The van der Waals surface area contributed by atoms with E-state index in [1.54, 1.807) is 12.4 Å². The lowest BCUT2D eigenvalue weighted by Gasteiger charge is -2.48. The minimum Gasteiger partial charge on any atom is -0.344 e. The Balaban J connectivity index is 1.61. The molecule has 3 heterocycles. The SMILES string of the molecule is CC(=O)N[C@@H](C(=O)N1CCC2(CCC(=O)N(Cc3ccncc3)C2)CC1)C(C)C. The van der Waals surface area contributed by atoms with Gasteiger partial charge in [0.1, 0.15) is 6.04 Å². The first-order valence-electron chi connectivity index (χ1n) is 10.5. The number of hydrogen-bond acceptors (Lipinski definition) is 4. The molecule has 7 heteroatoms. The Bertz CT molecular complexity index is 742. The zero-order chi connectivity index (χ0) is 21.0. The molecule has 3 amide bonds. The fourth-order valence-corrected chi connectivity index (χ4v) is 4.49. The van der Waals surface area contributed by atoms with Gasteiger partial charge in [-0.3, -0.25) is 19.4 Å². The zero-order valence-electron chi connectivity index (χ0n) is 17.7. The summed E-state index contributed by atoms with van der Waals surface area (Å²) in [7, 11) is 0. The van der Waals surface area contributed by atoms with Crippen molar-refractivity contribution in [3.63, 3.8) is 0 Å². The van der Waals surface area contributed by atoms with Crippen LogP contribution < -0.4 is 5.32 Å². The number of nitrogens with zero attached hydrogens (tertiary/aromatic N) is 3. The molecule has 0 unspecified atom stereocenters. The van der Waals surface area contributed by atoms with Gasteiger partial charge in [-0.15, -0.1) is 0 Å². The predicted octanol–water partition coefficient (Wildman–Crippen LogP) is 1.97. The van der Waals surface area contributed by atoms with Crippen LogP contribution in [0.15, 0.2) is 24.5 Å². The van der Waals surface area contributed by atoms with Gasteiger partial charge >= 0.3 is 0 Å². The van der Waals surface area contributed by atoms with Crippen LogP contribution in [-0.4, -0.2) is 58.2 Å². The lowest BCUT2D eigenvalue weighted by molar-refractivity contribution is -0.144. The van der Waals surface area contributed by atoms with Gasteiger partial charge in [-0.2, -0.15) is 0 Å². The van der Waals surface area contributed by atoms with E-state index in [1.165, 1.54) is 6.92 Å². The highest BCUT2D eigenvalue weighted by atomic mass is 16.2. The number of amides is 3. The first kappa shape index (κ1) is 21.3. The van der Waals surface area contributed by atoms with Crippen LogP contribution in [0.25, 0.3) is 0 Å². The highest BCUT2D eigenvalue weighted by Gasteiger charge is 2.42. The topological polar surface area (TPSA) is 82.6 Å². The number of nitrogens with one attached hydrogen (secondary N) is 1. The Kier molecular flexibility index (Phi) is 6.55. The summed E-state index contributed by atoms with van der Waals surface area (Å²) >= 11 is 0. The van der Waals surface area contributed by atoms with Crippen molar-refractivity contribution in [3.05, 3.63) is 30.1 Å². The summed E-state index contributed by atoms with van der Waals surface area (Å²) in [5.74, 6) is 0.0792. The molecule has 158 valence electrons. The maximum absolute atomic E-state index is 12.9. The van der Waals surface area contributed by atoms with Crippen LogP contribution in [0.2, 0.25) is 0 Å². The summed E-state index contributed by atoms with van der Waals surface area (Å²) in [4.78, 5) is 44.8. The second-order valence-corrected chi connectivity index (χ2v) is 8.85. The molecule has 0 bridgehead atoms. The van der Waals surface area contributed by atoms with Crippen LogP contribution in [0.4, 0.5) is 0 Å². The Morgan fingerprint density at radius 1 is 1.17 bits per heavy atom. The van der Waals surface area contributed by atoms with E-state index < -0.39 is 6.04 Å². The van der Waals surface area contributed by atoms with Gasteiger partial charge in [0, 0.05) is 51.9 Å². The molecule has 0 aromatic carbocycles. The van der Waals surface area contributed by atoms with Crippen LogP contribution in [0.3, 0.4) is 0 Å². The highest BCUT2D eigenvalue weighted by Crippen LogP contribution is 2.40. The molecule has 2 saturated heterocycles. The van der Waals surface area contributed by atoms with Gasteiger partial charge in [0.2, 0.25) is 17.7 Å². The molecule has 2 fully saturated rings. The third-order valence-corrected chi connectivity index (χ3v) is 6.30. The summed E-state index contributed by atoms with van der Waals surface area (Å²) in [5.41, 5.74) is 1.17. The van der Waals surface area contributed by atoms with Gasteiger partial charge in [-0.25, -0.2) is 0 Å². The average Bonchev–Trinajstić information content (AvgIpc) is 2.70. The molecule has 1 spiro atoms. The molecular formula is C22H32N4O3. The summed E-state index contributed by atoms with van der Waals surface area (Å²) in [6.45, 7) is 8.07. The van der Waals surface area contributed by atoms with Crippen LogP contribution in [0.1, 0.15) is 52.0 Å². The van der Waals surface area contributed by atoms with E-state index in [0.717, 1.165) is 31.4 Å². The van der Waals surface area contributed by atoms with Crippen LogP contribution >= 0.6 is 0 Å². The van der Waals surface area contributed by atoms with Crippen molar-refractivity contribution in [2.24, 2.45) is 11.3 Å². The van der Waals surface area contributed by atoms with Crippen LogP contribution in [-0.2, 0) is 20.9 Å². The second-order valence-electron chi connectivity index (χ2n) is 8.85. The number of aromatic nitrogens is 1. The number of piperidine rings is 2. The fourth-order valence-electron chi connectivity index (χ4n) is 4.49. The summed E-state index contributed by atoms with van der Waals surface area (Å²) < 4.78 is 0. The monoisotopic (exact) mass is 400 g/mol. The smallest absolute Gasteiger partial charge is 0.245 e. The van der Waals surface area contributed by atoms with E-state index in [0.29, 0.717) is 26.1 Å². The van der Waals surface area contributed by atoms with Crippen molar-refractivity contribution in [2.45, 2.75) is 59.0 Å². The van der Waals surface area contributed by atoms with Crippen LogP contribution in [0.5, 0.6) is 0 Å². The van der Waals surface area contributed by atoms with Gasteiger partial charge in [0.25, 0.3) is 0 Å². The summed E-state index contributed by atoms with van der Waals surface area (Å²) in [6, 6.07) is 3.42. The summed E-state index contributed by atoms with van der Waals surface area (Å²) in [5, 5.41) is 2.80. The predicted molar refractivity (Wildman–Crippen MR) is 110 cm³/mol. The maximum Gasteiger partial charge on any atom is 0.245 e. The normalized spacial score (nSPS) is 20.1. The molecule has 29 heavy (non-hydrogen) atoms. The number of rotatable bonds is 5. The largest absolute Gasteiger partial charge is 0.344 e. The lowest BCUT2D eigenvalue weighted by atomic mass is 9.72. The highest BCUT2D eigenvalue weighted by molar-refractivity contribution is 5.87. The van der Waals surface area contributed by atoms with Crippen molar-refractivity contribution in [1.82, 2.24) is 20.1 Å². The molecule has 1 aromatic heterocycles. The third-order valence-electron chi connectivity index (χ3n) is 6.30. The number of likely N-dealkylation sites (tertiary alicyclic amines) is 2. The van der Waals surface area contributed by atoms with Crippen molar-refractivity contribution >= 4 is 17.7 Å². The van der Waals surface area contributed by atoms with E-state index in [4.69, 9.17) is 0 Å². The molecule has 0 radical (unpaired) electrons. The number of hydrogen-bond donors (Lipinski definition) is 1. The molecule has 0 aliphatic carbocycles. The fraction of sp³-hybridized carbons (Fsp3) is 0.636. The van der Waals surface area contributed by atoms with Gasteiger partial charge in [-0.05, 0) is 48.3 Å².